The van der Waals surface area contributed by atoms with Crippen molar-refractivity contribution in [3.63, 3.8) is 0 Å². The van der Waals surface area contributed by atoms with E-state index in [1.807, 2.05) is 24.3 Å². The number of amides is 2. The van der Waals surface area contributed by atoms with Crippen LogP contribution in [0.3, 0.4) is 0 Å². The second-order valence-corrected chi connectivity index (χ2v) is 7.51. The van der Waals surface area contributed by atoms with Crippen LogP contribution in [0.1, 0.15) is 22.6 Å². The molecule has 0 unspecified atom stereocenters. The Hall–Kier alpha value is -1.99. The van der Waals surface area contributed by atoms with E-state index >= 15 is 0 Å². The first-order valence-electron chi connectivity index (χ1n) is 7.82. The molecule has 2 bridgehead atoms. The Balaban J connectivity index is 1.23. The SMILES string of the molecule is O=C(NNC(=O)[C@@H]1C[C@@H]2O[C@H]1[C@H]1C[C@H]12)c1nc2ccccc2s1. The van der Waals surface area contributed by atoms with Crippen LogP contribution in [-0.4, -0.2) is 29.0 Å². The molecule has 0 spiro atoms. The van der Waals surface area contributed by atoms with E-state index in [9.17, 15) is 9.59 Å². The zero-order valence-corrected chi connectivity index (χ0v) is 13.0. The normalized spacial score (nSPS) is 33.5. The first kappa shape index (κ1) is 13.4. The van der Waals surface area contributed by atoms with E-state index in [2.05, 4.69) is 15.8 Å². The summed E-state index contributed by atoms with van der Waals surface area (Å²) in [6.45, 7) is 0. The third-order valence-electron chi connectivity index (χ3n) is 5.13. The second kappa shape index (κ2) is 4.75. The molecule has 23 heavy (non-hydrogen) atoms. The number of ether oxygens (including phenoxy) is 1. The number of nitrogens with zero attached hydrogens (tertiary/aromatic N) is 1. The van der Waals surface area contributed by atoms with Crippen LogP contribution >= 0.6 is 11.3 Å². The third kappa shape index (κ3) is 2.07. The summed E-state index contributed by atoms with van der Waals surface area (Å²) in [5.41, 5.74) is 5.80. The summed E-state index contributed by atoms with van der Waals surface area (Å²) in [5.74, 6) is 0.565. The predicted octanol–water partition coefficient (Wildman–Crippen LogP) is 1.48. The predicted molar refractivity (Wildman–Crippen MR) is 83.6 cm³/mol. The van der Waals surface area contributed by atoms with Crippen LogP contribution in [0, 0.1) is 17.8 Å². The summed E-state index contributed by atoms with van der Waals surface area (Å²) in [7, 11) is 0. The average molecular weight is 329 g/mol. The molecule has 3 aliphatic rings. The minimum absolute atomic E-state index is 0.0457. The van der Waals surface area contributed by atoms with E-state index in [1.54, 1.807) is 0 Å². The van der Waals surface area contributed by atoms with Crippen LogP contribution in [-0.2, 0) is 9.53 Å². The van der Waals surface area contributed by atoms with E-state index in [0.29, 0.717) is 16.8 Å². The Morgan fingerprint density at radius 1 is 1.17 bits per heavy atom. The highest BCUT2D eigenvalue weighted by Gasteiger charge is 2.64. The smallest absolute Gasteiger partial charge is 0.298 e. The Bertz CT molecular complexity index is 787. The van der Waals surface area contributed by atoms with Crippen molar-refractivity contribution in [2.45, 2.75) is 25.0 Å². The number of carbonyl (C=O) groups excluding carboxylic acids is 2. The maximum Gasteiger partial charge on any atom is 0.298 e. The molecular formula is C16H15N3O3S. The van der Waals surface area contributed by atoms with Gasteiger partial charge in [-0.05, 0) is 36.8 Å². The Labute approximate surface area is 136 Å². The molecule has 1 aromatic heterocycles. The van der Waals surface area contributed by atoms with Gasteiger partial charge in [0.05, 0.1) is 28.3 Å². The van der Waals surface area contributed by atoms with Crippen molar-refractivity contribution in [2.24, 2.45) is 17.8 Å². The molecule has 6 nitrogen and oxygen atoms in total. The number of para-hydroxylation sites is 1. The molecule has 2 N–H and O–H groups in total. The molecule has 118 valence electrons. The number of carbonyl (C=O) groups is 2. The number of hydrogen-bond donors (Lipinski definition) is 2. The lowest BCUT2D eigenvalue weighted by Crippen LogP contribution is -2.46. The van der Waals surface area contributed by atoms with Crippen molar-refractivity contribution in [1.82, 2.24) is 15.8 Å². The van der Waals surface area contributed by atoms with Gasteiger partial charge in [0, 0.05) is 0 Å². The first-order chi connectivity index (χ1) is 11.2. The summed E-state index contributed by atoms with van der Waals surface area (Å²) in [6, 6.07) is 7.57. The molecule has 3 fully saturated rings. The quantitative estimate of drug-likeness (QED) is 0.818. The van der Waals surface area contributed by atoms with E-state index < -0.39 is 0 Å². The molecule has 0 radical (unpaired) electrons. The molecule has 7 heteroatoms. The fourth-order valence-electron chi connectivity index (χ4n) is 3.94. The highest BCUT2D eigenvalue weighted by molar-refractivity contribution is 7.20. The Morgan fingerprint density at radius 2 is 2.04 bits per heavy atom. The second-order valence-electron chi connectivity index (χ2n) is 6.47. The Morgan fingerprint density at radius 3 is 2.83 bits per heavy atom. The lowest BCUT2D eigenvalue weighted by Gasteiger charge is -2.17. The third-order valence-corrected chi connectivity index (χ3v) is 6.16. The molecule has 1 aromatic carbocycles. The van der Waals surface area contributed by atoms with Crippen LogP contribution in [0.15, 0.2) is 24.3 Å². The Kier molecular flexibility index (Phi) is 2.78. The number of aromatic nitrogens is 1. The number of nitrogens with one attached hydrogen (secondary N) is 2. The summed E-state index contributed by atoms with van der Waals surface area (Å²) >= 11 is 1.31. The molecular weight excluding hydrogens is 314 g/mol. The summed E-state index contributed by atoms with van der Waals surface area (Å²) < 4.78 is 6.76. The summed E-state index contributed by atoms with van der Waals surface area (Å²) in [4.78, 5) is 28.7. The number of rotatable bonds is 2. The van der Waals surface area contributed by atoms with Crippen molar-refractivity contribution in [2.75, 3.05) is 0 Å². The average Bonchev–Trinajstić information content (AvgIpc) is 2.95. The lowest BCUT2D eigenvalue weighted by atomic mass is 9.89. The number of thiazole rings is 1. The van der Waals surface area contributed by atoms with Crippen molar-refractivity contribution in [3.8, 4) is 0 Å². The minimum Gasteiger partial charge on any atom is -0.374 e. The standard InChI is InChI=1S/C16H15N3O3S/c20-14(9-6-11-7-5-8(7)13(9)22-11)18-19-15(21)16-17-10-3-1-2-4-12(10)23-16/h1-4,7-9,11,13H,5-6H2,(H,18,20)(H,19,21)/t7-,8+,9-,11+,13+/m1/s1. The van der Waals surface area contributed by atoms with Crippen molar-refractivity contribution in [3.05, 3.63) is 29.3 Å². The van der Waals surface area contributed by atoms with Gasteiger partial charge in [-0.15, -0.1) is 11.3 Å². The fraction of sp³-hybridized carbons (Fsp3) is 0.438. The minimum atomic E-state index is -0.382. The molecule has 2 aromatic rings. The molecule has 2 saturated heterocycles. The van der Waals surface area contributed by atoms with Gasteiger partial charge in [-0.3, -0.25) is 20.4 Å². The summed E-state index contributed by atoms with van der Waals surface area (Å²) in [6.07, 6.45) is 2.26. The van der Waals surface area contributed by atoms with E-state index in [4.69, 9.17) is 4.74 Å². The number of hydrogen-bond acceptors (Lipinski definition) is 5. The van der Waals surface area contributed by atoms with Gasteiger partial charge in [0.25, 0.3) is 5.91 Å². The van der Waals surface area contributed by atoms with Crippen LogP contribution in [0.25, 0.3) is 10.2 Å². The number of hydrazine groups is 1. The first-order valence-corrected chi connectivity index (χ1v) is 8.63. The van der Waals surface area contributed by atoms with E-state index in [1.165, 1.54) is 17.8 Å². The van der Waals surface area contributed by atoms with E-state index in [-0.39, 0.29) is 29.9 Å². The van der Waals surface area contributed by atoms with Gasteiger partial charge in [-0.2, -0.15) is 0 Å². The van der Waals surface area contributed by atoms with Crippen molar-refractivity contribution in [1.29, 1.82) is 0 Å². The lowest BCUT2D eigenvalue weighted by molar-refractivity contribution is -0.127. The fourth-order valence-corrected chi connectivity index (χ4v) is 4.80. The van der Waals surface area contributed by atoms with Crippen molar-refractivity contribution >= 4 is 33.4 Å². The molecule has 2 amide bonds. The molecule has 2 aliphatic heterocycles. The van der Waals surface area contributed by atoms with Gasteiger partial charge in [0.15, 0.2) is 5.01 Å². The van der Waals surface area contributed by atoms with Crippen LogP contribution in [0.5, 0.6) is 0 Å². The van der Waals surface area contributed by atoms with Crippen LogP contribution in [0.2, 0.25) is 0 Å². The van der Waals surface area contributed by atoms with Gasteiger partial charge in [-0.25, -0.2) is 4.98 Å². The van der Waals surface area contributed by atoms with Crippen LogP contribution in [0.4, 0.5) is 0 Å². The topological polar surface area (TPSA) is 80.3 Å². The van der Waals surface area contributed by atoms with Gasteiger partial charge in [-0.1, -0.05) is 12.1 Å². The van der Waals surface area contributed by atoms with Crippen molar-refractivity contribution < 1.29 is 14.3 Å². The van der Waals surface area contributed by atoms with E-state index in [0.717, 1.165) is 16.6 Å². The zero-order chi connectivity index (χ0) is 15.6. The molecule has 5 atom stereocenters. The van der Waals surface area contributed by atoms with Gasteiger partial charge < -0.3 is 4.74 Å². The molecule has 5 rings (SSSR count). The largest absolute Gasteiger partial charge is 0.374 e. The monoisotopic (exact) mass is 329 g/mol. The molecule has 1 aliphatic carbocycles. The maximum atomic E-state index is 12.3. The number of fused-ring (bicyclic) bond motifs is 6. The van der Waals surface area contributed by atoms with Gasteiger partial charge in [0.1, 0.15) is 0 Å². The van der Waals surface area contributed by atoms with Gasteiger partial charge in [0.2, 0.25) is 5.91 Å². The highest BCUT2D eigenvalue weighted by Crippen LogP contribution is 2.60. The number of benzene rings is 1. The zero-order valence-electron chi connectivity index (χ0n) is 12.2. The molecule has 1 saturated carbocycles. The molecule has 3 heterocycles. The highest BCUT2D eigenvalue weighted by atomic mass is 32.1. The van der Waals surface area contributed by atoms with Crippen LogP contribution < -0.4 is 10.9 Å². The summed E-state index contributed by atoms with van der Waals surface area (Å²) in [5, 5.41) is 0.345. The maximum absolute atomic E-state index is 12.3. The van der Waals surface area contributed by atoms with Gasteiger partial charge >= 0.3 is 0 Å².